The molecule has 9 heteroatoms. The van der Waals surface area contributed by atoms with Crippen LogP contribution in [0.4, 0.5) is 27.6 Å². The molecule has 0 saturated carbocycles. The third-order valence-corrected chi connectivity index (χ3v) is 2.44. The summed E-state index contributed by atoms with van der Waals surface area (Å²) in [4.78, 5) is 0. The van der Waals surface area contributed by atoms with Gasteiger partial charge in [0.25, 0.3) is 0 Å². The van der Waals surface area contributed by atoms with Crippen molar-refractivity contribution >= 4 is 5.69 Å². The third kappa shape index (κ3) is 3.31. The van der Waals surface area contributed by atoms with Crippen molar-refractivity contribution in [1.29, 1.82) is 15.8 Å². The number of rotatable bonds is 3. The van der Waals surface area contributed by atoms with Crippen molar-refractivity contribution in [2.75, 3.05) is 5.32 Å². The van der Waals surface area contributed by atoms with Crippen molar-refractivity contribution < 1.29 is 22.0 Å². The molecule has 0 spiro atoms. The summed E-state index contributed by atoms with van der Waals surface area (Å²) >= 11 is 0. The van der Waals surface area contributed by atoms with Crippen molar-refractivity contribution in [3.8, 4) is 18.2 Å². The minimum Gasteiger partial charge on any atom is -0.345 e. The Hall–Kier alpha value is -3.12. The van der Waals surface area contributed by atoms with Gasteiger partial charge in [0, 0.05) is 11.3 Å². The number of nitriles is 3. The predicted octanol–water partition coefficient (Wildman–Crippen LogP) is 3.58. The lowest BCUT2D eigenvalue weighted by Gasteiger charge is -2.20. The Kier molecular flexibility index (Phi) is 4.70. The Morgan fingerprint density at radius 1 is 0.955 bits per heavy atom. The molecule has 1 N–H and O–H groups in total. The summed E-state index contributed by atoms with van der Waals surface area (Å²) < 4.78 is 63.3. The van der Waals surface area contributed by atoms with Gasteiger partial charge in [-0.1, -0.05) is 12.1 Å². The number of nitrogens with zero attached hydrogens (tertiary/aromatic N) is 3. The first-order chi connectivity index (χ1) is 10.2. The van der Waals surface area contributed by atoms with Crippen molar-refractivity contribution in [3.63, 3.8) is 0 Å². The molecule has 0 saturated heterocycles. The van der Waals surface area contributed by atoms with Gasteiger partial charge in [-0.25, -0.2) is 0 Å². The van der Waals surface area contributed by atoms with E-state index in [2.05, 4.69) is 5.32 Å². The summed E-state index contributed by atoms with van der Waals surface area (Å²) in [7, 11) is 0. The summed E-state index contributed by atoms with van der Waals surface area (Å²) in [6, 6.07) is 7.34. The van der Waals surface area contributed by atoms with Crippen LogP contribution in [-0.4, -0.2) is 6.18 Å². The summed E-state index contributed by atoms with van der Waals surface area (Å²) in [6.07, 6.45) is -5.77. The normalized spacial score (nSPS) is 10.8. The van der Waals surface area contributed by atoms with E-state index in [4.69, 9.17) is 15.8 Å². The summed E-state index contributed by atoms with van der Waals surface area (Å²) in [5.74, 6) is -5.07. The molecule has 0 aromatic heterocycles. The molecule has 0 aliphatic carbocycles. The second-order valence-electron chi connectivity index (χ2n) is 3.86. The lowest BCUT2D eigenvalue weighted by molar-refractivity contribution is -0.289. The molecule has 0 atom stereocenters. The van der Waals surface area contributed by atoms with Crippen LogP contribution >= 0.6 is 0 Å². The zero-order chi connectivity index (χ0) is 17.0. The summed E-state index contributed by atoms with van der Waals surface area (Å²) in [5.41, 5.74) is -2.81. The molecule has 0 aliphatic heterocycles. The molecule has 0 bridgehead atoms. The molecule has 0 unspecified atom stereocenters. The van der Waals surface area contributed by atoms with E-state index in [0.29, 0.717) is 12.1 Å². The quantitative estimate of drug-likeness (QED) is 0.683. The second kappa shape index (κ2) is 6.11. The lowest BCUT2D eigenvalue weighted by atomic mass is 10.1. The molecular formula is C13H5F5N4. The standard InChI is InChI=1S/C13H5F5N4/c14-12(15,13(16,17)18)9-2-1-3-10(4-9)22-11(7-21)8(5-19)6-20/h1-4,22H. The van der Waals surface area contributed by atoms with Gasteiger partial charge in [-0.15, -0.1) is 0 Å². The van der Waals surface area contributed by atoms with Gasteiger partial charge in [-0.05, 0) is 12.1 Å². The van der Waals surface area contributed by atoms with E-state index in [1.807, 2.05) is 0 Å². The fourth-order valence-electron chi connectivity index (χ4n) is 1.38. The first-order valence-electron chi connectivity index (χ1n) is 5.44. The number of anilines is 1. The maximum atomic E-state index is 13.2. The molecule has 0 amide bonds. The highest BCUT2D eigenvalue weighted by Gasteiger charge is 2.58. The van der Waals surface area contributed by atoms with Crippen LogP contribution in [0, 0.1) is 34.0 Å². The highest BCUT2D eigenvalue weighted by molar-refractivity contribution is 5.59. The van der Waals surface area contributed by atoms with Crippen LogP contribution in [0.2, 0.25) is 0 Å². The third-order valence-electron chi connectivity index (χ3n) is 2.44. The number of nitrogens with one attached hydrogen (secondary N) is 1. The maximum Gasteiger partial charge on any atom is 0.458 e. The highest BCUT2D eigenvalue weighted by Crippen LogP contribution is 2.44. The summed E-state index contributed by atoms with van der Waals surface area (Å²) in [6.45, 7) is 0. The van der Waals surface area contributed by atoms with Gasteiger partial charge < -0.3 is 5.32 Å². The van der Waals surface area contributed by atoms with Crippen LogP contribution in [0.1, 0.15) is 5.56 Å². The van der Waals surface area contributed by atoms with E-state index in [0.717, 1.165) is 12.1 Å². The van der Waals surface area contributed by atoms with Crippen molar-refractivity contribution in [3.05, 3.63) is 41.1 Å². The van der Waals surface area contributed by atoms with Gasteiger partial charge in [0.15, 0.2) is 5.57 Å². The highest BCUT2D eigenvalue weighted by atomic mass is 19.4. The van der Waals surface area contributed by atoms with E-state index in [-0.39, 0.29) is 5.69 Å². The number of alkyl halides is 5. The molecule has 0 aliphatic rings. The van der Waals surface area contributed by atoms with E-state index >= 15 is 0 Å². The van der Waals surface area contributed by atoms with E-state index < -0.39 is 28.9 Å². The van der Waals surface area contributed by atoms with Gasteiger partial charge in [0.1, 0.15) is 23.9 Å². The van der Waals surface area contributed by atoms with Gasteiger partial charge in [0.05, 0.1) is 0 Å². The molecular weight excluding hydrogens is 307 g/mol. The Bertz CT molecular complexity index is 713. The molecule has 1 aromatic carbocycles. The van der Waals surface area contributed by atoms with Gasteiger partial charge in [-0.3, -0.25) is 0 Å². The van der Waals surface area contributed by atoms with E-state index in [9.17, 15) is 22.0 Å². The van der Waals surface area contributed by atoms with Crippen LogP contribution < -0.4 is 5.32 Å². The Balaban J connectivity index is 3.26. The minimum absolute atomic E-state index is 0.291. The molecule has 0 fully saturated rings. The average Bonchev–Trinajstić information content (AvgIpc) is 2.46. The fourth-order valence-corrected chi connectivity index (χ4v) is 1.38. The molecule has 0 radical (unpaired) electrons. The van der Waals surface area contributed by atoms with Crippen molar-refractivity contribution in [2.24, 2.45) is 0 Å². The first kappa shape index (κ1) is 16.9. The van der Waals surface area contributed by atoms with Crippen LogP contribution in [-0.2, 0) is 5.92 Å². The SMILES string of the molecule is N#CC(C#N)=C(C#N)Nc1cccc(C(F)(F)C(F)(F)F)c1. The topological polar surface area (TPSA) is 83.4 Å². The number of halogens is 5. The molecule has 22 heavy (non-hydrogen) atoms. The molecule has 112 valence electrons. The van der Waals surface area contributed by atoms with Crippen LogP contribution in [0.25, 0.3) is 0 Å². The smallest absolute Gasteiger partial charge is 0.345 e. The van der Waals surface area contributed by atoms with Gasteiger partial charge in [-0.2, -0.15) is 37.7 Å². The number of benzene rings is 1. The molecule has 1 aromatic rings. The largest absolute Gasteiger partial charge is 0.458 e. The second-order valence-corrected chi connectivity index (χ2v) is 3.86. The van der Waals surface area contributed by atoms with Crippen molar-refractivity contribution in [2.45, 2.75) is 12.1 Å². The van der Waals surface area contributed by atoms with Crippen LogP contribution in [0.3, 0.4) is 0 Å². The fraction of sp³-hybridized carbons (Fsp3) is 0.154. The zero-order valence-electron chi connectivity index (χ0n) is 10.5. The predicted molar refractivity (Wildman–Crippen MR) is 63.9 cm³/mol. The average molecular weight is 312 g/mol. The number of hydrogen-bond donors (Lipinski definition) is 1. The molecule has 4 nitrogen and oxygen atoms in total. The zero-order valence-corrected chi connectivity index (χ0v) is 10.5. The van der Waals surface area contributed by atoms with E-state index in [1.54, 1.807) is 0 Å². The maximum absolute atomic E-state index is 13.2. The monoisotopic (exact) mass is 312 g/mol. The van der Waals surface area contributed by atoms with Gasteiger partial charge >= 0.3 is 12.1 Å². The van der Waals surface area contributed by atoms with Crippen LogP contribution in [0.15, 0.2) is 35.5 Å². The minimum atomic E-state index is -5.77. The lowest BCUT2D eigenvalue weighted by Crippen LogP contribution is -2.33. The van der Waals surface area contributed by atoms with E-state index in [1.165, 1.54) is 18.2 Å². The number of allylic oxidation sites excluding steroid dienone is 2. The number of hydrogen-bond acceptors (Lipinski definition) is 4. The molecule has 1 rings (SSSR count). The van der Waals surface area contributed by atoms with Gasteiger partial charge in [0.2, 0.25) is 0 Å². The van der Waals surface area contributed by atoms with Crippen LogP contribution in [0.5, 0.6) is 0 Å². The summed E-state index contributed by atoms with van der Waals surface area (Å²) in [5, 5.41) is 28.2. The Morgan fingerprint density at radius 3 is 2.00 bits per heavy atom. The Labute approximate surface area is 121 Å². The Morgan fingerprint density at radius 2 is 1.55 bits per heavy atom. The first-order valence-corrected chi connectivity index (χ1v) is 5.44. The van der Waals surface area contributed by atoms with Crippen molar-refractivity contribution in [1.82, 2.24) is 0 Å². The molecule has 0 heterocycles.